The van der Waals surface area contributed by atoms with Crippen LogP contribution in [-0.2, 0) is 6.42 Å². The number of nitrogens with one attached hydrogen (secondary N) is 1. The molecule has 0 aliphatic carbocycles. The van der Waals surface area contributed by atoms with Crippen molar-refractivity contribution < 1.29 is 15.0 Å². The third-order valence-corrected chi connectivity index (χ3v) is 3.47. The van der Waals surface area contributed by atoms with Crippen LogP contribution >= 0.6 is 11.6 Å². The molecule has 0 bridgehead atoms. The van der Waals surface area contributed by atoms with Gasteiger partial charge in [-0.3, -0.25) is 4.79 Å². The average molecular weight is 306 g/mol. The molecule has 0 saturated heterocycles. The zero-order chi connectivity index (χ0) is 15.2. The fourth-order valence-electron chi connectivity index (χ4n) is 2.06. The predicted octanol–water partition coefficient (Wildman–Crippen LogP) is 2.68. The van der Waals surface area contributed by atoms with Crippen LogP contribution in [0.4, 0.5) is 0 Å². The summed E-state index contributed by atoms with van der Waals surface area (Å²) in [5.41, 5.74) is 0.908. The highest BCUT2D eigenvalue weighted by Crippen LogP contribution is 2.26. The van der Waals surface area contributed by atoms with Crippen LogP contribution in [0, 0.1) is 0 Å². The third-order valence-electron chi connectivity index (χ3n) is 3.09. The molecule has 1 unspecified atom stereocenters. The summed E-state index contributed by atoms with van der Waals surface area (Å²) in [6.07, 6.45) is 0.574. The lowest BCUT2D eigenvalue weighted by atomic mass is 10.1. The van der Waals surface area contributed by atoms with Crippen molar-refractivity contribution in [1.29, 1.82) is 0 Å². The number of carbonyl (C=O) groups excluding carboxylic acids is 1. The van der Waals surface area contributed by atoms with E-state index >= 15 is 0 Å². The average Bonchev–Trinajstić information content (AvgIpc) is 2.47. The Kier molecular flexibility index (Phi) is 5.06. The fraction of sp³-hybridized carbons (Fsp3) is 0.188. The van der Waals surface area contributed by atoms with E-state index in [9.17, 15) is 15.0 Å². The number of carbonyl (C=O) groups is 1. The molecule has 5 heteroatoms. The summed E-state index contributed by atoms with van der Waals surface area (Å²) in [7, 11) is 0. The van der Waals surface area contributed by atoms with Crippen molar-refractivity contribution in [3.05, 3.63) is 59.7 Å². The van der Waals surface area contributed by atoms with E-state index < -0.39 is 5.91 Å². The predicted molar refractivity (Wildman–Crippen MR) is 81.9 cm³/mol. The molecule has 2 rings (SSSR count). The molecule has 0 radical (unpaired) electrons. The van der Waals surface area contributed by atoms with Crippen molar-refractivity contribution in [3.8, 4) is 11.5 Å². The molecule has 21 heavy (non-hydrogen) atoms. The van der Waals surface area contributed by atoms with E-state index in [0.29, 0.717) is 6.42 Å². The van der Waals surface area contributed by atoms with Gasteiger partial charge in [0.25, 0.3) is 5.91 Å². The second-order valence-corrected chi connectivity index (χ2v) is 4.99. The van der Waals surface area contributed by atoms with Gasteiger partial charge in [-0.15, -0.1) is 11.6 Å². The first-order valence-electron chi connectivity index (χ1n) is 6.53. The summed E-state index contributed by atoms with van der Waals surface area (Å²) in [6, 6.07) is 13.5. The van der Waals surface area contributed by atoms with E-state index in [1.54, 1.807) is 0 Å². The molecular formula is C16H16ClNO3. The maximum atomic E-state index is 12.2. The Morgan fingerprint density at radius 3 is 2.24 bits per heavy atom. The lowest BCUT2D eigenvalue weighted by Crippen LogP contribution is -2.37. The SMILES string of the molecule is O=C(NC(CCl)Cc1ccccc1)c1c(O)cccc1O. The van der Waals surface area contributed by atoms with Gasteiger partial charge in [-0.25, -0.2) is 0 Å². The van der Waals surface area contributed by atoms with Crippen LogP contribution in [0.2, 0.25) is 0 Å². The Morgan fingerprint density at radius 2 is 1.67 bits per heavy atom. The molecule has 1 atom stereocenters. The van der Waals surface area contributed by atoms with Crippen molar-refractivity contribution >= 4 is 17.5 Å². The minimum absolute atomic E-state index is 0.138. The van der Waals surface area contributed by atoms with Crippen LogP contribution in [-0.4, -0.2) is 28.0 Å². The molecule has 0 spiro atoms. The summed E-state index contributed by atoms with van der Waals surface area (Å²) in [5, 5.41) is 22.1. The van der Waals surface area contributed by atoms with E-state index in [2.05, 4.69) is 5.32 Å². The van der Waals surface area contributed by atoms with Crippen LogP contribution in [0.5, 0.6) is 11.5 Å². The Labute approximate surface area is 128 Å². The number of benzene rings is 2. The highest BCUT2D eigenvalue weighted by atomic mass is 35.5. The van der Waals surface area contributed by atoms with Gasteiger partial charge in [-0.2, -0.15) is 0 Å². The molecule has 2 aromatic rings. The summed E-state index contributed by atoms with van der Waals surface area (Å²) in [5.74, 6) is -0.845. The Bertz CT molecular complexity index is 596. The Hall–Kier alpha value is -2.20. The number of halogens is 1. The van der Waals surface area contributed by atoms with E-state index in [1.807, 2.05) is 30.3 Å². The monoisotopic (exact) mass is 305 g/mol. The third kappa shape index (κ3) is 3.89. The second-order valence-electron chi connectivity index (χ2n) is 4.69. The zero-order valence-electron chi connectivity index (χ0n) is 11.3. The van der Waals surface area contributed by atoms with Crippen LogP contribution in [0.15, 0.2) is 48.5 Å². The maximum absolute atomic E-state index is 12.2. The lowest BCUT2D eigenvalue weighted by Gasteiger charge is -2.17. The van der Waals surface area contributed by atoms with Gasteiger partial charge in [0.15, 0.2) is 0 Å². The quantitative estimate of drug-likeness (QED) is 0.744. The van der Waals surface area contributed by atoms with Gasteiger partial charge >= 0.3 is 0 Å². The van der Waals surface area contributed by atoms with Gasteiger partial charge in [-0.05, 0) is 24.1 Å². The van der Waals surface area contributed by atoms with Crippen LogP contribution in [0.1, 0.15) is 15.9 Å². The molecule has 0 aromatic heterocycles. The molecule has 0 saturated carbocycles. The van der Waals surface area contributed by atoms with Gasteiger partial charge < -0.3 is 15.5 Å². The first kappa shape index (κ1) is 15.2. The minimum Gasteiger partial charge on any atom is -0.507 e. The molecule has 3 N–H and O–H groups in total. The topological polar surface area (TPSA) is 69.6 Å². The first-order chi connectivity index (χ1) is 10.1. The van der Waals surface area contributed by atoms with E-state index in [1.165, 1.54) is 18.2 Å². The molecule has 4 nitrogen and oxygen atoms in total. The molecular weight excluding hydrogens is 290 g/mol. The standard InChI is InChI=1S/C16H16ClNO3/c17-10-12(9-11-5-2-1-3-6-11)18-16(21)15-13(19)7-4-8-14(15)20/h1-8,12,19-20H,9-10H2,(H,18,21). The normalized spacial score (nSPS) is 11.9. The van der Waals surface area contributed by atoms with Gasteiger partial charge in [-0.1, -0.05) is 36.4 Å². The van der Waals surface area contributed by atoms with E-state index in [0.717, 1.165) is 5.56 Å². The Balaban J connectivity index is 2.10. The van der Waals surface area contributed by atoms with Crippen LogP contribution in [0.3, 0.4) is 0 Å². The number of hydrogen-bond donors (Lipinski definition) is 3. The number of aromatic hydroxyl groups is 2. The number of rotatable bonds is 5. The number of alkyl halides is 1. The van der Waals surface area contributed by atoms with Gasteiger partial charge in [0.1, 0.15) is 17.1 Å². The summed E-state index contributed by atoms with van der Waals surface area (Å²) >= 11 is 5.89. The summed E-state index contributed by atoms with van der Waals surface area (Å²) in [6.45, 7) is 0. The highest BCUT2D eigenvalue weighted by Gasteiger charge is 2.19. The second kappa shape index (κ2) is 6.99. The van der Waals surface area contributed by atoms with E-state index in [4.69, 9.17) is 11.6 Å². The number of amides is 1. The van der Waals surface area contributed by atoms with Crippen molar-refractivity contribution in [3.63, 3.8) is 0 Å². The fourth-order valence-corrected chi connectivity index (χ4v) is 2.25. The molecule has 0 aliphatic rings. The summed E-state index contributed by atoms with van der Waals surface area (Å²) < 4.78 is 0. The number of phenolic OH excluding ortho intramolecular Hbond substituents is 2. The van der Waals surface area contributed by atoms with Crippen LogP contribution < -0.4 is 5.32 Å². The van der Waals surface area contributed by atoms with Crippen molar-refractivity contribution in [2.24, 2.45) is 0 Å². The smallest absolute Gasteiger partial charge is 0.259 e. The minimum atomic E-state index is -0.549. The summed E-state index contributed by atoms with van der Waals surface area (Å²) in [4.78, 5) is 12.2. The number of hydrogen-bond acceptors (Lipinski definition) is 3. The Morgan fingerprint density at radius 1 is 1.05 bits per heavy atom. The van der Waals surface area contributed by atoms with E-state index in [-0.39, 0.29) is 29.0 Å². The molecule has 0 heterocycles. The largest absolute Gasteiger partial charge is 0.507 e. The number of phenols is 2. The first-order valence-corrected chi connectivity index (χ1v) is 7.07. The zero-order valence-corrected chi connectivity index (χ0v) is 12.0. The van der Waals surface area contributed by atoms with Crippen molar-refractivity contribution in [1.82, 2.24) is 5.32 Å². The highest BCUT2D eigenvalue weighted by molar-refractivity contribution is 6.18. The lowest BCUT2D eigenvalue weighted by molar-refractivity contribution is 0.0935. The van der Waals surface area contributed by atoms with Gasteiger partial charge in [0, 0.05) is 11.9 Å². The molecule has 0 aliphatic heterocycles. The molecule has 110 valence electrons. The van der Waals surface area contributed by atoms with Crippen LogP contribution in [0.25, 0.3) is 0 Å². The van der Waals surface area contributed by atoms with Gasteiger partial charge in [0.2, 0.25) is 0 Å². The molecule has 2 aromatic carbocycles. The molecule has 1 amide bonds. The maximum Gasteiger partial charge on any atom is 0.259 e. The van der Waals surface area contributed by atoms with Crippen molar-refractivity contribution in [2.75, 3.05) is 5.88 Å². The van der Waals surface area contributed by atoms with Gasteiger partial charge in [0.05, 0.1) is 0 Å². The van der Waals surface area contributed by atoms with Crippen molar-refractivity contribution in [2.45, 2.75) is 12.5 Å². The molecule has 0 fully saturated rings.